The molecule has 0 spiro atoms. The lowest BCUT2D eigenvalue weighted by atomic mass is 10.00. The van der Waals surface area contributed by atoms with Gasteiger partial charge in [-0.25, -0.2) is 4.98 Å². The maximum absolute atomic E-state index is 12.5. The quantitative estimate of drug-likeness (QED) is 0.847. The first-order valence-electron chi connectivity index (χ1n) is 6.56. The molecular weight excluding hydrogens is 332 g/mol. The molecule has 1 unspecified atom stereocenters. The molecule has 1 aromatic heterocycles. The number of methoxy groups -OCH3 is 1. The highest BCUT2D eigenvalue weighted by atomic mass is 79.9. The van der Waals surface area contributed by atoms with Crippen molar-refractivity contribution in [3.05, 3.63) is 52.6 Å². The first-order chi connectivity index (χ1) is 10.0. The third-order valence-corrected chi connectivity index (χ3v) is 3.84. The van der Waals surface area contributed by atoms with Gasteiger partial charge in [-0.05, 0) is 52.7 Å². The molecule has 21 heavy (non-hydrogen) atoms. The van der Waals surface area contributed by atoms with Crippen LogP contribution in [0.3, 0.4) is 0 Å². The number of amides is 1. The van der Waals surface area contributed by atoms with Crippen LogP contribution in [0, 0.1) is 0 Å². The lowest BCUT2D eigenvalue weighted by Crippen LogP contribution is -2.31. The molecule has 1 aromatic carbocycles. The molecule has 5 heteroatoms. The molecule has 0 saturated heterocycles. The van der Waals surface area contributed by atoms with Gasteiger partial charge in [0.2, 0.25) is 5.91 Å². The number of carbonyl (C=O) groups excluding carboxylic acids is 1. The molecule has 2 aromatic rings. The number of pyridine rings is 1. The van der Waals surface area contributed by atoms with Crippen molar-refractivity contribution < 1.29 is 9.53 Å². The van der Waals surface area contributed by atoms with E-state index in [1.807, 2.05) is 43.3 Å². The molecule has 0 bridgehead atoms. The van der Waals surface area contributed by atoms with Crippen LogP contribution in [0.15, 0.2) is 47.1 Å². The Morgan fingerprint density at radius 1 is 1.24 bits per heavy atom. The fourth-order valence-corrected chi connectivity index (χ4v) is 2.24. The van der Waals surface area contributed by atoms with Crippen LogP contribution < -0.4 is 9.64 Å². The van der Waals surface area contributed by atoms with E-state index in [0.29, 0.717) is 5.82 Å². The van der Waals surface area contributed by atoms with Crippen molar-refractivity contribution in [1.29, 1.82) is 0 Å². The van der Waals surface area contributed by atoms with Crippen LogP contribution in [-0.4, -0.2) is 25.0 Å². The molecule has 2 rings (SSSR count). The Kier molecular flexibility index (Phi) is 4.96. The normalized spacial score (nSPS) is 11.8. The van der Waals surface area contributed by atoms with Gasteiger partial charge in [0.25, 0.3) is 0 Å². The summed E-state index contributed by atoms with van der Waals surface area (Å²) in [5.74, 6) is 1.16. The van der Waals surface area contributed by atoms with E-state index >= 15 is 0 Å². The monoisotopic (exact) mass is 348 g/mol. The van der Waals surface area contributed by atoms with Crippen LogP contribution in [0.4, 0.5) is 5.82 Å². The maximum atomic E-state index is 12.5. The van der Waals surface area contributed by atoms with Crippen LogP contribution in [-0.2, 0) is 4.79 Å². The van der Waals surface area contributed by atoms with Gasteiger partial charge in [-0.3, -0.25) is 9.69 Å². The summed E-state index contributed by atoms with van der Waals surface area (Å²) < 4.78 is 6.01. The number of hydrogen-bond acceptors (Lipinski definition) is 3. The first kappa shape index (κ1) is 15.5. The Morgan fingerprint density at radius 2 is 1.90 bits per heavy atom. The molecular formula is C16H17BrN2O2. The molecule has 0 aliphatic rings. The summed E-state index contributed by atoms with van der Waals surface area (Å²) in [6.45, 7) is 1.89. The number of anilines is 1. The van der Waals surface area contributed by atoms with E-state index in [1.165, 1.54) is 0 Å². The van der Waals surface area contributed by atoms with Gasteiger partial charge in [0.1, 0.15) is 11.6 Å². The zero-order valence-electron chi connectivity index (χ0n) is 12.2. The SMILES string of the molecule is COc1ccc(C(C)C(=O)N(C)c2ccc(Br)cn2)cc1. The van der Waals surface area contributed by atoms with Crippen molar-refractivity contribution in [1.82, 2.24) is 4.98 Å². The zero-order chi connectivity index (χ0) is 15.4. The fourth-order valence-electron chi connectivity index (χ4n) is 2.00. The van der Waals surface area contributed by atoms with Crippen LogP contribution in [0.2, 0.25) is 0 Å². The van der Waals surface area contributed by atoms with E-state index in [4.69, 9.17) is 4.74 Å². The highest BCUT2D eigenvalue weighted by molar-refractivity contribution is 9.10. The second-order valence-corrected chi connectivity index (χ2v) is 5.64. The minimum Gasteiger partial charge on any atom is -0.497 e. The summed E-state index contributed by atoms with van der Waals surface area (Å²) in [6, 6.07) is 11.2. The summed E-state index contributed by atoms with van der Waals surface area (Å²) in [4.78, 5) is 18.3. The number of aromatic nitrogens is 1. The van der Waals surface area contributed by atoms with E-state index < -0.39 is 0 Å². The number of nitrogens with zero attached hydrogens (tertiary/aromatic N) is 2. The van der Waals surface area contributed by atoms with Crippen molar-refractivity contribution in [2.75, 3.05) is 19.1 Å². The van der Waals surface area contributed by atoms with Crippen molar-refractivity contribution in [2.45, 2.75) is 12.8 Å². The molecule has 0 aliphatic heterocycles. The summed E-state index contributed by atoms with van der Waals surface area (Å²) in [5.41, 5.74) is 0.949. The van der Waals surface area contributed by atoms with Gasteiger partial charge in [-0.15, -0.1) is 0 Å². The Bertz CT molecular complexity index is 611. The van der Waals surface area contributed by atoms with Gasteiger partial charge in [-0.2, -0.15) is 0 Å². The third-order valence-electron chi connectivity index (χ3n) is 3.37. The molecule has 110 valence electrons. The van der Waals surface area contributed by atoms with Crippen molar-refractivity contribution in [3.63, 3.8) is 0 Å². The number of carbonyl (C=O) groups is 1. The van der Waals surface area contributed by atoms with Crippen molar-refractivity contribution in [3.8, 4) is 5.75 Å². The van der Waals surface area contributed by atoms with Crippen molar-refractivity contribution in [2.24, 2.45) is 0 Å². The van der Waals surface area contributed by atoms with Crippen LogP contribution in [0.1, 0.15) is 18.4 Å². The second kappa shape index (κ2) is 6.72. The topological polar surface area (TPSA) is 42.4 Å². The van der Waals surface area contributed by atoms with Crippen LogP contribution in [0.5, 0.6) is 5.75 Å². The average Bonchev–Trinajstić information content (AvgIpc) is 2.53. The second-order valence-electron chi connectivity index (χ2n) is 4.73. The summed E-state index contributed by atoms with van der Waals surface area (Å²) in [5, 5.41) is 0. The summed E-state index contributed by atoms with van der Waals surface area (Å²) in [7, 11) is 3.36. The first-order valence-corrected chi connectivity index (χ1v) is 7.35. The number of hydrogen-bond donors (Lipinski definition) is 0. The molecule has 1 atom stereocenters. The van der Waals surface area contributed by atoms with Gasteiger partial charge in [0.15, 0.2) is 0 Å². The maximum Gasteiger partial charge on any atom is 0.235 e. The van der Waals surface area contributed by atoms with Gasteiger partial charge < -0.3 is 4.74 Å². The highest BCUT2D eigenvalue weighted by Crippen LogP contribution is 2.23. The number of rotatable bonds is 4. The summed E-state index contributed by atoms with van der Waals surface area (Å²) in [6.07, 6.45) is 1.68. The predicted octanol–water partition coefficient (Wildman–Crippen LogP) is 3.62. The van der Waals surface area contributed by atoms with Gasteiger partial charge in [0, 0.05) is 17.7 Å². The molecule has 0 radical (unpaired) electrons. The molecule has 1 amide bonds. The largest absolute Gasteiger partial charge is 0.497 e. The molecule has 1 heterocycles. The number of halogens is 1. The lowest BCUT2D eigenvalue weighted by molar-refractivity contribution is -0.119. The minimum absolute atomic E-state index is 0.00464. The Balaban J connectivity index is 2.15. The van der Waals surface area contributed by atoms with E-state index in [-0.39, 0.29) is 11.8 Å². The van der Waals surface area contributed by atoms with Crippen LogP contribution in [0.25, 0.3) is 0 Å². The number of ether oxygens (including phenoxy) is 1. The standard InChI is InChI=1S/C16H17BrN2O2/c1-11(12-4-7-14(21-3)8-5-12)16(20)19(2)15-9-6-13(17)10-18-15/h4-11H,1-3H3. The Morgan fingerprint density at radius 3 is 2.43 bits per heavy atom. The van der Waals surface area contributed by atoms with Crippen molar-refractivity contribution >= 4 is 27.7 Å². The molecule has 0 fully saturated rings. The number of benzene rings is 1. The van der Waals surface area contributed by atoms with E-state index in [0.717, 1.165) is 15.8 Å². The molecule has 4 nitrogen and oxygen atoms in total. The van der Waals surface area contributed by atoms with E-state index in [1.54, 1.807) is 25.3 Å². The van der Waals surface area contributed by atoms with E-state index in [9.17, 15) is 4.79 Å². The third kappa shape index (κ3) is 3.61. The van der Waals surface area contributed by atoms with E-state index in [2.05, 4.69) is 20.9 Å². The Hall–Kier alpha value is -1.88. The minimum atomic E-state index is -0.244. The Labute approximate surface area is 132 Å². The number of likely N-dealkylation sites (N-methyl/N-ethyl adjacent to an activating group) is 1. The molecule has 0 aliphatic carbocycles. The summed E-state index contributed by atoms with van der Waals surface area (Å²) >= 11 is 3.33. The zero-order valence-corrected chi connectivity index (χ0v) is 13.8. The van der Waals surface area contributed by atoms with Gasteiger partial charge in [0.05, 0.1) is 13.0 Å². The molecule has 0 N–H and O–H groups in total. The lowest BCUT2D eigenvalue weighted by Gasteiger charge is -2.21. The highest BCUT2D eigenvalue weighted by Gasteiger charge is 2.21. The van der Waals surface area contributed by atoms with Gasteiger partial charge in [-0.1, -0.05) is 12.1 Å². The smallest absolute Gasteiger partial charge is 0.235 e. The molecule has 0 saturated carbocycles. The van der Waals surface area contributed by atoms with Gasteiger partial charge >= 0.3 is 0 Å². The average molecular weight is 349 g/mol. The fraction of sp³-hybridized carbons (Fsp3) is 0.250. The van der Waals surface area contributed by atoms with Crippen LogP contribution >= 0.6 is 15.9 Å². The predicted molar refractivity (Wildman–Crippen MR) is 86.8 cm³/mol.